The second-order valence-corrected chi connectivity index (χ2v) is 4.89. The van der Waals surface area contributed by atoms with Crippen LogP contribution < -0.4 is 15.8 Å². The number of nitrogens with one attached hydrogen (secondary N) is 1. The first kappa shape index (κ1) is 15.5. The molecule has 0 fully saturated rings. The Hall–Kier alpha value is -1.55. The standard InChI is InChI=1S/C15H24N2O2/c1-4-14(15(18)17-9-8-12(3)16)19-13-7-5-6-11(2)10-13/h5-7,10,12,14H,4,8-9,16H2,1-3H3,(H,17,18). The number of nitrogens with two attached hydrogens (primary N) is 1. The summed E-state index contributed by atoms with van der Waals surface area (Å²) >= 11 is 0. The molecule has 0 aliphatic rings. The lowest BCUT2D eigenvalue weighted by atomic mass is 10.2. The number of ether oxygens (including phenoxy) is 1. The van der Waals surface area contributed by atoms with Crippen LogP contribution >= 0.6 is 0 Å². The van der Waals surface area contributed by atoms with E-state index in [1.54, 1.807) is 0 Å². The van der Waals surface area contributed by atoms with Gasteiger partial charge in [-0.05, 0) is 44.4 Å². The number of hydrogen-bond donors (Lipinski definition) is 2. The molecule has 1 aromatic rings. The van der Waals surface area contributed by atoms with Crippen LogP contribution in [0.2, 0.25) is 0 Å². The fourth-order valence-electron chi connectivity index (χ4n) is 1.71. The summed E-state index contributed by atoms with van der Waals surface area (Å²) in [4.78, 5) is 12.0. The second-order valence-electron chi connectivity index (χ2n) is 4.89. The summed E-state index contributed by atoms with van der Waals surface area (Å²) in [6, 6.07) is 7.81. The Balaban J connectivity index is 2.50. The predicted molar refractivity (Wildman–Crippen MR) is 77.2 cm³/mol. The summed E-state index contributed by atoms with van der Waals surface area (Å²) in [7, 11) is 0. The molecule has 4 heteroatoms. The highest BCUT2D eigenvalue weighted by atomic mass is 16.5. The molecule has 0 aliphatic heterocycles. The molecule has 0 radical (unpaired) electrons. The van der Waals surface area contributed by atoms with Crippen LogP contribution in [-0.4, -0.2) is 24.6 Å². The van der Waals surface area contributed by atoms with Gasteiger partial charge >= 0.3 is 0 Å². The Morgan fingerprint density at radius 3 is 2.79 bits per heavy atom. The van der Waals surface area contributed by atoms with E-state index in [0.29, 0.717) is 13.0 Å². The first-order valence-electron chi connectivity index (χ1n) is 6.79. The van der Waals surface area contributed by atoms with E-state index in [2.05, 4.69) is 5.32 Å². The van der Waals surface area contributed by atoms with Crippen LogP contribution in [0.5, 0.6) is 5.75 Å². The Kier molecular flexibility index (Phi) is 6.36. The average Bonchev–Trinajstić information content (AvgIpc) is 2.35. The van der Waals surface area contributed by atoms with E-state index in [0.717, 1.165) is 17.7 Å². The van der Waals surface area contributed by atoms with Crippen molar-refractivity contribution in [3.8, 4) is 5.75 Å². The van der Waals surface area contributed by atoms with Gasteiger partial charge < -0.3 is 15.8 Å². The van der Waals surface area contributed by atoms with E-state index in [4.69, 9.17) is 10.5 Å². The molecule has 0 saturated carbocycles. The van der Waals surface area contributed by atoms with Crippen molar-refractivity contribution in [2.45, 2.75) is 45.8 Å². The molecule has 1 amide bonds. The molecule has 3 N–H and O–H groups in total. The van der Waals surface area contributed by atoms with Crippen LogP contribution in [0.15, 0.2) is 24.3 Å². The van der Waals surface area contributed by atoms with E-state index in [1.165, 1.54) is 0 Å². The smallest absolute Gasteiger partial charge is 0.261 e. The summed E-state index contributed by atoms with van der Waals surface area (Å²) in [6.45, 7) is 6.44. The molecule has 4 nitrogen and oxygen atoms in total. The zero-order chi connectivity index (χ0) is 14.3. The summed E-state index contributed by atoms with van der Waals surface area (Å²) in [5, 5.41) is 2.86. The van der Waals surface area contributed by atoms with Gasteiger partial charge in [-0.3, -0.25) is 4.79 Å². The quantitative estimate of drug-likeness (QED) is 0.791. The number of amides is 1. The maximum atomic E-state index is 12.0. The minimum Gasteiger partial charge on any atom is -0.481 e. The zero-order valence-corrected chi connectivity index (χ0v) is 12.0. The Bertz CT molecular complexity index is 405. The third kappa shape index (κ3) is 5.75. The normalized spacial score (nSPS) is 13.7. The highest BCUT2D eigenvalue weighted by Gasteiger charge is 2.17. The molecule has 0 saturated heterocycles. The van der Waals surface area contributed by atoms with Gasteiger partial charge in [-0.25, -0.2) is 0 Å². The Labute approximate surface area is 115 Å². The summed E-state index contributed by atoms with van der Waals surface area (Å²) in [5.41, 5.74) is 6.76. The van der Waals surface area contributed by atoms with E-state index < -0.39 is 6.10 Å². The molecular formula is C15H24N2O2. The number of aryl methyl sites for hydroxylation is 1. The lowest BCUT2D eigenvalue weighted by Crippen LogP contribution is -2.39. The van der Waals surface area contributed by atoms with Crippen molar-refractivity contribution in [2.24, 2.45) is 5.73 Å². The molecule has 19 heavy (non-hydrogen) atoms. The number of rotatable bonds is 7. The van der Waals surface area contributed by atoms with Gasteiger partial charge in [-0.15, -0.1) is 0 Å². The second kappa shape index (κ2) is 7.79. The van der Waals surface area contributed by atoms with Gasteiger partial charge in [0.25, 0.3) is 5.91 Å². The fraction of sp³-hybridized carbons (Fsp3) is 0.533. The number of carbonyl (C=O) groups excluding carboxylic acids is 1. The van der Waals surface area contributed by atoms with Crippen molar-refractivity contribution in [3.63, 3.8) is 0 Å². The maximum Gasteiger partial charge on any atom is 0.261 e. The third-order valence-electron chi connectivity index (χ3n) is 2.83. The molecule has 0 bridgehead atoms. The topological polar surface area (TPSA) is 64.3 Å². The summed E-state index contributed by atoms with van der Waals surface area (Å²) < 4.78 is 5.72. The van der Waals surface area contributed by atoms with Gasteiger partial charge in [0.05, 0.1) is 0 Å². The monoisotopic (exact) mass is 264 g/mol. The first-order chi connectivity index (χ1) is 9.02. The van der Waals surface area contributed by atoms with Gasteiger partial charge in [0.15, 0.2) is 6.10 Å². The van der Waals surface area contributed by atoms with E-state index >= 15 is 0 Å². The zero-order valence-electron chi connectivity index (χ0n) is 12.0. The van der Waals surface area contributed by atoms with Crippen molar-refractivity contribution in [2.75, 3.05) is 6.54 Å². The molecular weight excluding hydrogens is 240 g/mol. The van der Waals surface area contributed by atoms with Crippen LogP contribution in [0.4, 0.5) is 0 Å². The Morgan fingerprint density at radius 1 is 1.47 bits per heavy atom. The molecule has 2 unspecified atom stereocenters. The Morgan fingerprint density at radius 2 is 2.21 bits per heavy atom. The van der Waals surface area contributed by atoms with Gasteiger partial charge in [-0.1, -0.05) is 19.1 Å². The van der Waals surface area contributed by atoms with Gasteiger partial charge in [0.1, 0.15) is 5.75 Å². The molecule has 0 aromatic heterocycles. The fourth-order valence-corrected chi connectivity index (χ4v) is 1.71. The number of benzene rings is 1. The molecule has 0 heterocycles. The molecule has 1 rings (SSSR count). The number of hydrogen-bond acceptors (Lipinski definition) is 3. The highest BCUT2D eigenvalue weighted by molar-refractivity contribution is 5.81. The third-order valence-corrected chi connectivity index (χ3v) is 2.83. The van der Waals surface area contributed by atoms with E-state index in [1.807, 2.05) is 45.0 Å². The first-order valence-corrected chi connectivity index (χ1v) is 6.79. The van der Waals surface area contributed by atoms with Crippen LogP contribution in [0, 0.1) is 6.92 Å². The van der Waals surface area contributed by atoms with Crippen LogP contribution in [-0.2, 0) is 4.79 Å². The average molecular weight is 264 g/mol. The highest BCUT2D eigenvalue weighted by Crippen LogP contribution is 2.15. The lowest BCUT2D eigenvalue weighted by Gasteiger charge is -2.18. The molecule has 0 spiro atoms. The summed E-state index contributed by atoms with van der Waals surface area (Å²) in [5.74, 6) is 0.652. The van der Waals surface area contributed by atoms with E-state index in [-0.39, 0.29) is 11.9 Å². The molecule has 1 aromatic carbocycles. The van der Waals surface area contributed by atoms with Crippen LogP contribution in [0.1, 0.15) is 32.3 Å². The van der Waals surface area contributed by atoms with E-state index in [9.17, 15) is 4.79 Å². The summed E-state index contributed by atoms with van der Waals surface area (Å²) in [6.07, 6.45) is 0.958. The van der Waals surface area contributed by atoms with Crippen molar-refractivity contribution in [3.05, 3.63) is 29.8 Å². The maximum absolute atomic E-state index is 12.0. The predicted octanol–water partition coefficient (Wildman–Crippen LogP) is 2.01. The van der Waals surface area contributed by atoms with Gasteiger partial charge in [0, 0.05) is 12.6 Å². The van der Waals surface area contributed by atoms with Crippen LogP contribution in [0.3, 0.4) is 0 Å². The number of carbonyl (C=O) groups is 1. The van der Waals surface area contributed by atoms with Crippen molar-refractivity contribution in [1.29, 1.82) is 0 Å². The minimum absolute atomic E-state index is 0.0790. The van der Waals surface area contributed by atoms with Crippen molar-refractivity contribution < 1.29 is 9.53 Å². The largest absolute Gasteiger partial charge is 0.481 e. The molecule has 106 valence electrons. The van der Waals surface area contributed by atoms with Gasteiger partial charge in [0.2, 0.25) is 0 Å². The molecule has 2 atom stereocenters. The minimum atomic E-state index is -0.449. The SMILES string of the molecule is CCC(Oc1cccc(C)c1)C(=O)NCCC(C)N. The lowest BCUT2D eigenvalue weighted by molar-refractivity contribution is -0.128. The van der Waals surface area contributed by atoms with Gasteiger partial charge in [-0.2, -0.15) is 0 Å². The van der Waals surface area contributed by atoms with Crippen molar-refractivity contribution in [1.82, 2.24) is 5.32 Å². The van der Waals surface area contributed by atoms with Crippen molar-refractivity contribution >= 4 is 5.91 Å². The van der Waals surface area contributed by atoms with Crippen LogP contribution in [0.25, 0.3) is 0 Å². The molecule has 0 aliphatic carbocycles.